The second-order valence-electron chi connectivity index (χ2n) is 1.55. The minimum Gasteiger partial charge on any atom is -1.00 e. The lowest BCUT2D eigenvalue weighted by atomic mass is 10.6. The van der Waals surface area contributed by atoms with Gasteiger partial charge in [0.05, 0.1) is 13.6 Å². The van der Waals surface area contributed by atoms with E-state index in [-0.39, 0.29) is 29.9 Å². The topological polar surface area (TPSA) is 54.3 Å². The molecule has 0 fully saturated rings. The number of hydrogen-bond acceptors (Lipinski definition) is 1. The van der Waals surface area contributed by atoms with E-state index in [0.29, 0.717) is 0 Å². The fraction of sp³-hybridized carbons (Fsp3) is 0.750. The van der Waals surface area contributed by atoms with E-state index in [9.17, 15) is 0 Å². The van der Waals surface area contributed by atoms with Gasteiger partial charge < -0.3 is 29.7 Å². The maximum absolute atomic E-state index is 6.84. The Kier molecular flexibility index (Phi) is 7.30. The zero-order valence-electron chi connectivity index (χ0n) is 5.16. The molecule has 50 valence electrons. The first-order chi connectivity index (χ1) is 3.18. The maximum atomic E-state index is 6.84. The zero-order valence-corrected chi connectivity index (χ0v) is 7.32. The first-order valence-electron chi connectivity index (χ1n) is 2.35. The number of quaternary nitrogens is 1. The summed E-state index contributed by atoms with van der Waals surface area (Å²) in [7, 11) is 1.86. The molecule has 4 N–H and O–H groups in total. The molecule has 0 aromatic rings. The molecule has 1 unspecified atom stereocenters. The van der Waals surface area contributed by atoms with Gasteiger partial charge in [-0.15, -0.1) is 0 Å². The highest BCUT2D eigenvalue weighted by Crippen LogP contribution is 1.35. The van der Waals surface area contributed by atoms with Crippen LogP contribution in [0.15, 0.2) is 0 Å². The van der Waals surface area contributed by atoms with Crippen molar-refractivity contribution in [3.8, 4) is 0 Å². The predicted molar refractivity (Wildman–Crippen MR) is 29.3 cm³/mol. The van der Waals surface area contributed by atoms with Crippen LogP contribution in [0.5, 0.6) is 0 Å². The van der Waals surface area contributed by atoms with Crippen molar-refractivity contribution in [3.05, 3.63) is 0 Å². The number of hydrogen-bond donors (Lipinski definition) is 3. The molecule has 0 rings (SSSR count). The van der Waals surface area contributed by atoms with E-state index in [2.05, 4.69) is 0 Å². The first kappa shape index (κ1) is 11.0. The fourth-order valence-electron chi connectivity index (χ4n) is 0.190. The number of rotatable bonds is 1. The molecule has 3 nitrogen and oxygen atoms in total. The summed E-state index contributed by atoms with van der Waals surface area (Å²) < 4.78 is 0. The van der Waals surface area contributed by atoms with Gasteiger partial charge in [-0.25, -0.2) is 5.41 Å². The molecule has 0 aromatic carbocycles. The van der Waals surface area contributed by atoms with Gasteiger partial charge in [-0.1, -0.05) is 0 Å². The van der Waals surface area contributed by atoms with Crippen molar-refractivity contribution in [2.75, 3.05) is 13.6 Å². The summed E-state index contributed by atoms with van der Waals surface area (Å²) in [6.07, 6.45) is 0. The summed E-state index contributed by atoms with van der Waals surface area (Å²) in [6.45, 7) is 2.87. The van der Waals surface area contributed by atoms with Crippen LogP contribution in [0.4, 0.5) is 0 Å². The van der Waals surface area contributed by atoms with Crippen molar-refractivity contribution in [3.63, 3.8) is 0 Å². The summed E-state index contributed by atoms with van der Waals surface area (Å²) in [6, 6.07) is 0. The standard InChI is InChI=1S/C4H11N3.HI/c1-3-7(2)4(5)6;/h3H2,1-2H3,(H3,5,6);1H. The molecule has 0 heterocycles. The van der Waals surface area contributed by atoms with Gasteiger partial charge in [-0.05, 0) is 6.92 Å². The molecule has 0 saturated heterocycles. The van der Waals surface area contributed by atoms with E-state index in [1.165, 1.54) is 0 Å². The normalized spacial score (nSPS) is 11.8. The average Bonchev–Trinajstić information content (AvgIpc) is 1.65. The van der Waals surface area contributed by atoms with Crippen LogP contribution in [0, 0.1) is 5.41 Å². The van der Waals surface area contributed by atoms with Gasteiger partial charge in [0, 0.05) is 0 Å². The number of guanidine groups is 1. The van der Waals surface area contributed by atoms with Gasteiger partial charge in [0.15, 0.2) is 0 Å². The highest BCUT2D eigenvalue weighted by atomic mass is 127. The van der Waals surface area contributed by atoms with Crippen molar-refractivity contribution in [2.45, 2.75) is 6.92 Å². The second kappa shape index (κ2) is 5.30. The molecule has 0 saturated carbocycles. The van der Waals surface area contributed by atoms with Crippen LogP contribution in [0.3, 0.4) is 0 Å². The SMILES string of the molecule is CC[NH+](C)C(=N)N.[I-]. The predicted octanol–water partition coefficient (Wildman–Crippen LogP) is -4.58. The van der Waals surface area contributed by atoms with Crippen LogP contribution in [0.1, 0.15) is 6.92 Å². The minimum atomic E-state index is 0. The monoisotopic (exact) mass is 229 g/mol. The molecule has 0 aromatic heterocycles. The van der Waals surface area contributed by atoms with Crippen molar-refractivity contribution < 1.29 is 28.9 Å². The second-order valence-corrected chi connectivity index (χ2v) is 1.55. The van der Waals surface area contributed by atoms with Gasteiger partial charge in [0.1, 0.15) is 0 Å². The summed E-state index contributed by atoms with van der Waals surface area (Å²) in [5.74, 6) is 0.211. The van der Waals surface area contributed by atoms with E-state index in [1.807, 2.05) is 14.0 Å². The Labute approximate surface area is 66.8 Å². The third-order valence-corrected chi connectivity index (χ3v) is 0.990. The van der Waals surface area contributed by atoms with Gasteiger partial charge in [0.25, 0.3) is 5.96 Å². The van der Waals surface area contributed by atoms with Crippen molar-refractivity contribution in [1.29, 1.82) is 5.41 Å². The van der Waals surface area contributed by atoms with Crippen LogP contribution < -0.4 is 34.6 Å². The molecule has 0 radical (unpaired) electrons. The Hall–Kier alpha value is 0.160. The van der Waals surface area contributed by atoms with Gasteiger partial charge in [-0.2, -0.15) is 0 Å². The Morgan fingerprint density at radius 3 is 2.12 bits per heavy atom. The van der Waals surface area contributed by atoms with Crippen LogP contribution in [0.2, 0.25) is 0 Å². The van der Waals surface area contributed by atoms with Crippen LogP contribution in [-0.2, 0) is 0 Å². The van der Waals surface area contributed by atoms with Crippen molar-refractivity contribution >= 4 is 5.96 Å². The van der Waals surface area contributed by atoms with E-state index in [0.717, 1.165) is 11.4 Å². The fourth-order valence-corrected chi connectivity index (χ4v) is 0.190. The van der Waals surface area contributed by atoms with E-state index in [4.69, 9.17) is 11.1 Å². The van der Waals surface area contributed by atoms with Crippen LogP contribution in [-0.4, -0.2) is 19.6 Å². The lowest BCUT2D eigenvalue weighted by Crippen LogP contribution is -3.12. The molecule has 4 heteroatoms. The molecular formula is C4H12IN3. The first-order valence-corrected chi connectivity index (χ1v) is 2.35. The van der Waals surface area contributed by atoms with Gasteiger partial charge in [-0.3, -0.25) is 4.90 Å². The van der Waals surface area contributed by atoms with Gasteiger partial charge >= 0.3 is 0 Å². The number of nitrogens with two attached hydrogens (primary N) is 1. The Bertz CT molecular complexity index is 73.7. The molecule has 0 spiro atoms. The Morgan fingerprint density at radius 1 is 1.75 bits per heavy atom. The molecule has 0 aliphatic carbocycles. The third-order valence-electron chi connectivity index (χ3n) is 0.990. The minimum absolute atomic E-state index is 0. The smallest absolute Gasteiger partial charge is 0.290 e. The molecular weight excluding hydrogens is 217 g/mol. The van der Waals surface area contributed by atoms with Crippen LogP contribution >= 0.6 is 0 Å². The molecule has 8 heavy (non-hydrogen) atoms. The lowest BCUT2D eigenvalue weighted by molar-refractivity contribution is -0.782. The Morgan fingerprint density at radius 2 is 2.12 bits per heavy atom. The quantitative estimate of drug-likeness (QED) is 0.236. The van der Waals surface area contributed by atoms with Gasteiger partial charge in [0.2, 0.25) is 0 Å². The highest BCUT2D eigenvalue weighted by molar-refractivity contribution is 5.64. The van der Waals surface area contributed by atoms with Crippen LogP contribution in [0.25, 0.3) is 0 Å². The highest BCUT2D eigenvalue weighted by Gasteiger charge is 1.97. The maximum Gasteiger partial charge on any atom is 0.290 e. The molecule has 1 atom stereocenters. The summed E-state index contributed by atoms with van der Waals surface area (Å²) >= 11 is 0. The van der Waals surface area contributed by atoms with Crippen molar-refractivity contribution in [2.24, 2.45) is 5.73 Å². The lowest BCUT2D eigenvalue weighted by Gasteiger charge is -2.04. The van der Waals surface area contributed by atoms with Crippen molar-refractivity contribution in [1.82, 2.24) is 0 Å². The Balaban J connectivity index is 0. The van der Waals surface area contributed by atoms with E-state index in [1.54, 1.807) is 0 Å². The number of nitrogens with one attached hydrogen (secondary N) is 2. The average molecular weight is 229 g/mol. The molecule has 0 bridgehead atoms. The zero-order chi connectivity index (χ0) is 5.86. The molecule has 0 aliphatic rings. The summed E-state index contributed by atoms with van der Waals surface area (Å²) in [5, 5.41) is 6.84. The van der Waals surface area contributed by atoms with E-state index < -0.39 is 0 Å². The molecule has 0 aliphatic heterocycles. The summed E-state index contributed by atoms with van der Waals surface area (Å²) in [5.41, 5.74) is 5.09. The number of halogens is 1. The summed E-state index contributed by atoms with van der Waals surface area (Å²) in [4.78, 5) is 0.958. The largest absolute Gasteiger partial charge is 1.00 e. The third kappa shape index (κ3) is 4.32. The van der Waals surface area contributed by atoms with E-state index >= 15 is 0 Å². The molecule has 0 amide bonds.